The molecular weight excluding hydrogens is 226 g/mol. The minimum Gasteiger partial charge on any atom is -0.281 e. The molecule has 0 aromatic carbocycles. The normalized spacial score (nSPS) is 11.1. The maximum Gasteiger partial charge on any atom is 0.249 e. The Hall–Kier alpha value is -0.380. The van der Waals surface area contributed by atoms with E-state index in [0.717, 1.165) is 6.08 Å². The molecular formula is C6H3Cl3O3. The summed E-state index contributed by atoms with van der Waals surface area (Å²) in [7, 11) is 0. The molecule has 0 bridgehead atoms. The first-order valence-electron chi connectivity index (χ1n) is 2.71. The highest BCUT2D eigenvalue weighted by Gasteiger charge is 2.11. The molecule has 0 atom stereocenters. The van der Waals surface area contributed by atoms with E-state index >= 15 is 0 Å². The summed E-state index contributed by atoms with van der Waals surface area (Å²) in [4.78, 5) is 31.1. The monoisotopic (exact) mass is 228 g/mol. The zero-order valence-electron chi connectivity index (χ0n) is 5.64. The van der Waals surface area contributed by atoms with Gasteiger partial charge in [0.05, 0.1) is 6.42 Å². The van der Waals surface area contributed by atoms with E-state index in [1.165, 1.54) is 0 Å². The third-order valence-corrected chi connectivity index (χ3v) is 1.36. The van der Waals surface area contributed by atoms with Crippen LogP contribution in [0.5, 0.6) is 0 Å². The molecule has 0 N–H and O–H groups in total. The Morgan fingerprint density at radius 1 is 1.08 bits per heavy atom. The minimum absolute atomic E-state index is 0.211. The van der Waals surface area contributed by atoms with Gasteiger partial charge in [0.25, 0.3) is 0 Å². The minimum atomic E-state index is -0.919. The predicted octanol–water partition coefficient (Wildman–Crippen LogP) is 1.60. The molecule has 12 heavy (non-hydrogen) atoms. The first-order valence-corrected chi connectivity index (χ1v) is 3.85. The molecule has 6 heteroatoms. The molecule has 0 saturated carbocycles. The lowest BCUT2D eigenvalue weighted by atomic mass is 10.2. The largest absolute Gasteiger partial charge is 0.281 e. The van der Waals surface area contributed by atoms with E-state index in [1.54, 1.807) is 0 Å². The maximum atomic E-state index is 10.5. The highest BCUT2D eigenvalue weighted by atomic mass is 35.5. The molecule has 66 valence electrons. The van der Waals surface area contributed by atoms with Crippen molar-refractivity contribution in [3.63, 3.8) is 0 Å². The van der Waals surface area contributed by atoms with Crippen LogP contribution in [0, 0.1) is 0 Å². The second-order valence-corrected chi connectivity index (χ2v) is 2.92. The van der Waals surface area contributed by atoms with Crippen LogP contribution in [0.2, 0.25) is 0 Å². The molecule has 0 aliphatic carbocycles. The number of rotatable bonds is 4. The molecule has 0 aliphatic rings. The molecule has 0 aliphatic heterocycles. The fourth-order valence-electron chi connectivity index (χ4n) is 0.464. The Balaban J connectivity index is 4.55. The van der Waals surface area contributed by atoms with Gasteiger partial charge in [0, 0.05) is 11.6 Å². The van der Waals surface area contributed by atoms with Crippen molar-refractivity contribution in [2.45, 2.75) is 6.42 Å². The number of carbonyl (C=O) groups is 3. The highest BCUT2D eigenvalue weighted by Crippen LogP contribution is 2.09. The lowest BCUT2D eigenvalue weighted by Crippen LogP contribution is -2.00. The van der Waals surface area contributed by atoms with E-state index in [0.29, 0.717) is 0 Å². The van der Waals surface area contributed by atoms with Gasteiger partial charge < -0.3 is 0 Å². The molecule has 0 spiro atoms. The third-order valence-electron chi connectivity index (χ3n) is 0.870. The summed E-state index contributed by atoms with van der Waals surface area (Å²) in [5.74, 6) is 0. The van der Waals surface area contributed by atoms with E-state index in [4.69, 9.17) is 34.8 Å². The van der Waals surface area contributed by atoms with Crippen LogP contribution in [-0.4, -0.2) is 15.7 Å². The maximum absolute atomic E-state index is 10.5. The second kappa shape index (κ2) is 5.30. The Morgan fingerprint density at radius 2 is 1.58 bits per heavy atom. The SMILES string of the molecule is O=C(Cl)C=C(CC(=O)Cl)C(=O)Cl. The van der Waals surface area contributed by atoms with Gasteiger partial charge in [0.15, 0.2) is 0 Å². The number of carbonyl (C=O) groups excluding carboxylic acids is 3. The molecule has 0 aromatic rings. The molecule has 3 nitrogen and oxygen atoms in total. The van der Waals surface area contributed by atoms with Crippen molar-refractivity contribution in [3.8, 4) is 0 Å². The standard InChI is InChI=1S/C6H3Cl3O3/c7-4(10)1-3(6(9)12)2-5(8)11/h1H,2H2. The van der Waals surface area contributed by atoms with E-state index in [2.05, 4.69) is 0 Å². The van der Waals surface area contributed by atoms with E-state index in [1.807, 2.05) is 0 Å². The first kappa shape index (κ1) is 11.6. The van der Waals surface area contributed by atoms with Gasteiger partial charge in [-0.2, -0.15) is 0 Å². The molecule has 0 rings (SSSR count). The summed E-state index contributed by atoms with van der Waals surface area (Å²) in [6.45, 7) is 0. The first-order chi connectivity index (χ1) is 5.43. The van der Waals surface area contributed by atoms with Crippen molar-refractivity contribution in [2.24, 2.45) is 0 Å². The van der Waals surface area contributed by atoms with Crippen molar-refractivity contribution in [1.82, 2.24) is 0 Å². The van der Waals surface area contributed by atoms with Crippen LogP contribution in [0.4, 0.5) is 0 Å². The van der Waals surface area contributed by atoms with Gasteiger partial charge >= 0.3 is 0 Å². The summed E-state index contributed by atoms with van der Waals surface area (Å²) < 4.78 is 0. The number of hydrogen-bond donors (Lipinski definition) is 0. The van der Waals surface area contributed by atoms with Crippen molar-refractivity contribution in [2.75, 3.05) is 0 Å². The number of allylic oxidation sites excluding steroid dienone is 2. The van der Waals surface area contributed by atoms with E-state index < -0.39 is 22.1 Å². The molecule has 0 saturated heterocycles. The van der Waals surface area contributed by atoms with Gasteiger partial charge in [0.2, 0.25) is 15.7 Å². The lowest BCUT2D eigenvalue weighted by molar-refractivity contribution is -0.113. The summed E-state index contributed by atoms with van der Waals surface area (Å²) in [6, 6.07) is 0. The Kier molecular flexibility index (Phi) is 5.13. The lowest BCUT2D eigenvalue weighted by Gasteiger charge is -1.93. The van der Waals surface area contributed by atoms with Crippen molar-refractivity contribution in [3.05, 3.63) is 11.6 Å². The van der Waals surface area contributed by atoms with Gasteiger partial charge in [-0.15, -0.1) is 0 Å². The average Bonchev–Trinajstić information content (AvgIpc) is 1.83. The molecule has 0 fully saturated rings. The summed E-state index contributed by atoms with van der Waals surface area (Å²) in [5, 5.41) is -2.58. The molecule has 0 amide bonds. The van der Waals surface area contributed by atoms with Crippen LogP contribution in [0.3, 0.4) is 0 Å². The fourth-order valence-corrected chi connectivity index (χ4v) is 0.861. The Morgan fingerprint density at radius 3 is 1.83 bits per heavy atom. The van der Waals surface area contributed by atoms with Crippen molar-refractivity contribution in [1.29, 1.82) is 0 Å². The molecule has 0 radical (unpaired) electrons. The highest BCUT2D eigenvalue weighted by molar-refractivity contribution is 6.71. The quantitative estimate of drug-likeness (QED) is 0.543. The van der Waals surface area contributed by atoms with Crippen LogP contribution in [-0.2, 0) is 14.4 Å². The van der Waals surface area contributed by atoms with E-state index in [9.17, 15) is 14.4 Å². The van der Waals surface area contributed by atoms with Crippen LogP contribution >= 0.6 is 34.8 Å². The smallest absolute Gasteiger partial charge is 0.249 e. The summed E-state index contributed by atoms with van der Waals surface area (Å²) in [6.07, 6.45) is 0.361. The van der Waals surface area contributed by atoms with Gasteiger partial charge in [-0.05, 0) is 34.8 Å². The third kappa shape index (κ3) is 5.29. The number of halogens is 3. The fraction of sp³-hybridized carbons (Fsp3) is 0.167. The second-order valence-electron chi connectivity index (χ2n) is 1.78. The van der Waals surface area contributed by atoms with Crippen LogP contribution in [0.25, 0.3) is 0 Å². The van der Waals surface area contributed by atoms with Crippen LogP contribution < -0.4 is 0 Å². The molecule has 0 heterocycles. The van der Waals surface area contributed by atoms with Crippen LogP contribution in [0.15, 0.2) is 11.6 Å². The Labute approximate surface area is 83.3 Å². The zero-order valence-corrected chi connectivity index (χ0v) is 7.91. The average molecular weight is 229 g/mol. The topological polar surface area (TPSA) is 51.2 Å². The van der Waals surface area contributed by atoms with Crippen LogP contribution in [0.1, 0.15) is 6.42 Å². The zero-order chi connectivity index (χ0) is 9.72. The summed E-state index contributed by atoms with van der Waals surface area (Å²) >= 11 is 14.9. The van der Waals surface area contributed by atoms with Gasteiger partial charge in [0.1, 0.15) is 0 Å². The van der Waals surface area contributed by atoms with Crippen molar-refractivity contribution >= 4 is 50.5 Å². The summed E-state index contributed by atoms with van der Waals surface area (Å²) in [5.41, 5.74) is -0.211. The predicted molar refractivity (Wildman–Crippen MR) is 45.3 cm³/mol. The van der Waals surface area contributed by atoms with E-state index in [-0.39, 0.29) is 5.57 Å². The van der Waals surface area contributed by atoms with Crippen molar-refractivity contribution < 1.29 is 14.4 Å². The molecule has 0 unspecified atom stereocenters. The van der Waals surface area contributed by atoms with Gasteiger partial charge in [-0.25, -0.2) is 0 Å². The van der Waals surface area contributed by atoms with Gasteiger partial charge in [-0.3, -0.25) is 14.4 Å². The molecule has 0 aromatic heterocycles. The Bertz CT molecular complexity index is 257. The number of hydrogen-bond acceptors (Lipinski definition) is 3. The van der Waals surface area contributed by atoms with Gasteiger partial charge in [-0.1, -0.05) is 0 Å².